The van der Waals surface area contributed by atoms with Gasteiger partial charge in [-0.2, -0.15) is 0 Å². The minimum absolute atomic E-state index is 0.0432. The second-order valence-electron chi connectivity index (χ2n) is 6.63. The topological polar surface area (TPSA) is 64.8 Å². The summed E-state index contributed by atoms with van der Waals surface area (Å²) in [6.07, 6.45) is 5.23. The third-order valence-electron chi connectivity index (χ3n) is 4.96. The Bertz CT molecular complexity index is 689. The normalized spacial score (nSPS) is 25.8. The first-order valence-corrected chi connectivity index (χ1v) is 8.75. The minimum atomic E-state index is -0.0432. The molecule has 3 atom stereocenters. The molecule has 132 valence electrons. The summed E-state index contributed by atoms with van der Waals surface area (Å²) in [6, 6.07) is 9.38. The van der Waals surface area contributed by atoms with Crippen LogP contribution < -0.4 is 0 Å². The molecule has 0 aromatic carbocycles. The van der Waals surface area contributed by atoms with Gasteiger partial charge < -0.3 is 18.8 Å². The molecule has 3 heterocycles. The zero-order chi connectivity index (χ0) is 17.1. The SMILES string of the molecule is O=C(c1ccco1)N1CCO[C@@H]2C[C@H](COCc3ccccn3)C[C@H]21. The molecule has 1 saturated carbocycles. The molecule has 4 rings (SSSR count). The zero-order valence-corrected chi connectivity index (χ0v) is 14.0. The Morgan fingerprint density at radius 1 is 1.28 bits per heavy atom. The molecule has 1 amide bonds. The number of nitrogens with zero attached hydrogens (tertiary/aromatic N) is 2. The highest BCUT2D eigenvalue weighted by Gasteiger charge is 2.43. The summed E-state index contributed by atoms with van der Waals surface area (Å²) in [7, 11) is 0. The van der Waals surface area contributed by atoms with Crippen LogP contribution in [0.15, 0.2) is 47.2 Å². The molecule has 2 fully saturated rings. The van der Waals surface area contributed by atoms with Crippen LogP contribution in [-0.2, 0) is 16.1 Å². The number of pyridine rings is 1. The van der Waals surface area contributed by atoms with E-state index in [-0.39, 0.29) is 18.1 Å². The lowest BCUT2D eigenvalue weighted by atomic mass is 10.1. The molecule has 2 aliphatic rings. The fraction of sp³-hybridized carbons (Fsp3) is 0.474. The fourth-order valence-electron chi connectivity index (χ4n) is 3.79. The van der Waals surface area contributed by atoms with Crippen molar-refractivity contribution in [3.63, 3.8) is 0 Å². The Hall–Kier alpha value is -2.18. The molecule has 2 aromatic rings. The molecular formula is C19H22N2O4. The van der Waals surface area contributed by atoms with Crippen molar-refractivity contribution in [3.05, 3.63) is 54.2 Å². The standard InChI is InChI=1S/C19H22N2O4/c22-19(17-5-3-8-24-17)21-7-9-25-18-11-14(10-16(18)21)12-23-13-15-4-1-2-6-20-15/h1-6,8,14,16,18H,7,9-13H2/t14-,16-,18-/m1/s1. The van der Waals surface area contributed by atoms with E-state index in [1.54, 1.807) is 18.3 Å². The van der Waals surface area contributed by atoms with Crippen LogP contribution in [0.25, 0.3) is 0 Å². The predicted octanol–water partition coefficient (Wildman–Crippen LogP) is 2.51. The van der Waals surface area contributed by atoms with Gasteiger partial charge in [-0.25, -0.2) is 0 Å². The molecule has 2 aromatic heterocycles. The van der Waals surface area contributed by atoms with E-state index >= 15 is 0 Å². The smallest absolute Gasteiger partial charge is 0.289 e. The van der Waals surface area contributed by atoms with Crippen LogP contribution in [0.5, 0.6) is 0 Å². The van der Waals surface area contributed by atoms with Gasteiger partial charge in [0.15, 0.2) is 5.76 Å². The summed E-state index contributed by atoms with van der Waals surface area (Å²) < 4.78 is 17.0. The van der Waals surface area contributed by atoms with Gasteiger partial charge in [-0.3, -0.25) is 9.78 Å². The number of aromatic nitrogens is 1. The number of rotatable bonds is 5. The Morgan fingerprint density at radius 2 is 2.24 bits per heavy atom. The highest BCUT2D eigenvalue weighted by atomic mass is 16.5. The van der Waals surface area contributed by atoms with Crippen molar-refractivity contribution in [1.82, 2.24) is 9.88 Å². The highest BCUT2D eigenvalue weighted by molar-refractivity contribution is 5.91. The number of ether oxygens (including phenoxy) is 2. The molecule has 0 spiro atoms. The van der Waals surface area contributed by atoms with Crippen LogP contribution in [0.1, 0.15) is 29.1 Å². The van der Waals surface area contributed by atoms with Crippen LogP contribution in [0.3, 0.4) is 0 Å². The van der Waals surface area contributed by atoms with E-state index in [0.29, 0.717) is 38.0 Å². The third-order valence-corrected chi connectivity index (χ3v) is 4.96. The van der Waals surface area contributed by atoms with Crippen LogP contribution in [0.4, 0.5) is 0 Å². The van der Waals surface area contributed by atoms with E-state index in [4.69, 9.17) is 13.9 Å². The summed E-state index contributed by atoms with van der Waals surface area (Å²) in [6.45, 7) is 2.37. The molecule has 1 aliphatic heterocycles. The van der Waals surface area contributed by atoms with E-state index in [2.05, 4.69) is 4.98 Å². The summed E-state index contributed by atoms with van der Waals surface area (Å²) in [4.78, 5) is 18.8. The van der Waals surface area contributed by atoms with Crippen LogP contribution in [-0.4, -0.2) is 47.7 Å². The van der Waals surface area contributed by atoms with E-state index in [1.165, 1.54) is 6.26 Å². The largest absolute Gasteiger partial charge is 0.459 e. The fourth-order valence-corrected chi connectivity index (χ4v) is 3.79. The van der Waals surface area contributed by atoms with Gasteiger partial charge in [-0.05, 0) is 43.0 Å². The van der Waals surface area contributed by atoms with Gasteiger partial charge in [0, 0.05) is 12.7 Å². The molecule has 0 bridgehead atoms. The van der Waals surface area contributed by atoms with Crippen molar-refractivity contribution in [2.75, 3.05) is 19.8 Å². The summed E-state index contributed by atoms with van der Waals surface area (Å²) >= 11 is 0. The van der Waals surface area contributed by atoms with Gasteiger partial charge in [-0.1, -0.05) is 6.07 Å². The third kappa shape index (κ3) is 3.60. The maximum absolute atomic E-state index is 12.6. The average Bonchev–Trinajstić information content (AvgIpc) is 3.31. The van der Waals surface area contributed by atoms with Gasteiger partial charge in [0.05, 0.1) is 43.9 Å². The van der Waals surface area contributed by atoms with Gasteiger partial charge in [-0.15, -0.1) is 0 Å². The van der Waals surface area contributed by atoms with E-state index in [9.17, 15) is 4.79 Å². The first-order chi connectivity index (χ1) is 12.3. The Kier molecular flexibility index (Phi) is 4.81. The minimum Gasteiger partial charge on any atom is -0.459 e. The van der Waals surface area contributed by atoms with Crippen molar-refractivity contribution in [2.45, 2.75) is 31.6 Å². The maximum atomic E-state index is 12.6. The number of amides is 1. The van der Waals surface area contributed by atoms with Crippen LogP contribution in [0.2, 0.25) is 0 Å². The number of morpholine rings is 1. The molecule has 1 saturated heterocycles. The lowest BCUT2D eigenvalue weighted by molar-refractivity contribution is -0.0459. The number of furan rings is 1. The predicted molar refractivity (Wildman–Crippen MR) is 89.9 cm³/mol. The lowest BCUT2D eigenvalue weighted by Crippen LogP contribution is -2.51. The summed E-state index contributed by atoms with van der Waals surface area (Å²) in [5, 5.41) is 0. The maximum Gasteiger partial charge on any atom is 0.289 e. The summed E-state index contributed by atoms with van der Waals surface area (Å²) in [5.41, 5.74) is 0.934. The zero-order valence-electron chi connectivity index (χ0n) is 14.0. The first kappa shape index (κ1) is 16.3. The van der Waals surface area contributed by atoms with E-state index in [0.717, 1.165) is 18.5 Å². The number of fused-ring (bicyclic) bond motifs is 1. The van der Waals surface area contributed by atoms with E-state index < -0.39 is 0 Å². The van der Waals surface area contributed by atoms with Gasteiger partial charge >= 0.3 is 0 Å². The van der Waals surface area contributed by atoms with Crippen LogP contribution in [0, 0.1) is 5.92 Å². The summed E-state index contributed by atoms with van der Waals surface area (Å²) in [5.74, 6) is 0.748. The number of hydrogen-bond acceptors (Lipinski definition) is 5. The lowest BCUT2D eigenvalue weighted by Gasteiger charge is -2.37. The molecule has 6 heteroatoms. The Morgan fingerprint density at radius 3 is 3.04 bits per heavy atom. The van der Waals surface area contributed by atoms with Crippen molar-refractivity contribution >= 4 is 5.91 Å². The van der Waals surface area contributed by atoms with Crippen molar-refractivity contribution in [3.8, 4) is 0 Å². The Labute approximate surface area is 146 Å². The van der Waals surface area contributed by atoms with Gasteiger partial charge in [0.2, 0.25) is 0 Å². The molecule has 1 aliphatic carbocycles. The number of hydrogen-bond donors (Lipinski definition) is 0. The highest BCUT2D eigenvalue weighted by Crippen LogP contribution is 2.35. The van der Waals surface area contributed by atoms with Crippen molar-refractivity contribution in [1.29, 1.82) is 0 Å². The molecule has 25 heavy (non-hydrogen) atoms. The second kappa shape index (κ2) is 7.37. The van der Waals surface area contributed by atoms with Crippen molar-refractivity contribution in [2.24, 2.45) is 5.92 Å². The van der Waals surface area contributed by atoms with Crippen molar-refractivity contribution < 1.29 is 18.7 Å². The molecule has 6 nitrogen and oxygen atoms in total. The average molecular weight is 342 g/mol. The van der Waals surface area contributed by atoms with Crippen LogP contribution >= 0.6 is 0 Å². The number of carbonyl (C=O) groups excluding carboxylic acids is 1. The number of carbonyl (C=O) groups is 1. The molecule has 0 N–H and O–H groups in total. The van der Waals surface area contributed by atoms with Gasteiger partial charge in [0.25, 0.3) is 5.91 Å². The monoisotopic (exact) mass is 342 g/mol. The van der Waals surface area contributed by atoms with Gasteiger partial charge in [0.1, 0.15) is 0 Å². The Balaban J connectivity index is 1.33. The molecule has 0 unspecified atom stereocenters. The second-order valence-corrected chi connectivity index (χ2v) is 6.63. The molecule has 0 radical (unpaired) electrons. The first-order valence-electron chi connectivity index (χ1n) is 8.75. The molecular weight excluding hydrogens is 320 g/mol. The van der Waals surface area contributed by atoms with E-state index in [1.807, 2.05) is 23.1 Å². The quantitative estimate of drug-likeness (QED) is 0.835.